The van der Waals surface area contributed by atoms with Crippen LogP contribution >= 0.6 is 25.8 Å². The summed E-state index contributed by atoms with van der Waals surface area (Å²) in [5.74, 6) is -0.0706. The smallest absolute Gasteiger partial charge is 0.351 e. The fourth-order valence-corrected chi connectivity index (χ4v) is 11.3. The molecule has 4 aliphatic heterocycles. The van der Waals surface area contributed by atoms with Crippen molar-refractivity contribution >= 4 is 65.7 Å². The minimum Gasteiger partial charge on any atom is -0.394 e. The molecule has 37 heteroatoms. The molecule has 0 amide bonds. The second kappa shape index (κ2) is 22.9. The Labute approximate surface area is 428 Å². The molecule has 0 aliphatic carbocycles. The second-order valence-corrected chi connectivity index (χ2v) is 20.5. The van der Waals surface area contributed by atoms with Gasteiger partial charge in [0.2, 0.25) is 5.95 Å². The van der Waals surface area contributed by atoms with Crippen molar-refractivity contribution in [1.82, 2.24) is 58.1 Å². The maximum absolute atomic E-state index is 12.6. The van der Waals surface area contributed by atoms with Crippen LogP contribution in [0.4, 0.5) is 17.6 Å². The molecule has 6 aromatic heterocycles. The summed E-state index contributed by atoms with van der Waals surface area (Å²) in [5, 5.41) is 20.8. The van der Waals surface area contributed by atoms with Gasteiger partial charge in [-0.25, -0.2) is 29.5 Å². The molecule has 6 aromatic rings. The third kappa shape index (κ3) is 11.6. The molecule has 34 nitrogen and oxygen atoms in total. The first-order valence-electron chi connectivity index (χ1n) is 23.1. The number of ether oxygens (including phenoxy) is 4. The van der Waals surface area contributed by atoms with Crippen LogP contribution < -0.4 is 39.7 Å². The summed E-state index contributed by atoms with van der Waals surface area (Å²) < 4.78 is 64.6. The van der Waals surface area contributed by atoms with Crippen LogP contribution in [0.3, 0.4) is 0 Å². The Morgan fingerprint density at radius 3 is 1.82 bits per heavy atom. The van der Waals surface area contributed by atoms with Crippen LogP contribution in [-0.4, -0.2) is 158 Å². The number of nitrogens with one attached hydrogen (secondary N) is 2. The molecular formula is C39H50N15O19P3. The van der Waals surface area contributed by atoms with E-state index in [-0.39, 0.29) is 73.2 Å². The van der Waals surface area contributed by atoms with Gasteiger partial charge >= 0.3 is 37.2 Å². The Balaban J connectivity index is 0.806. The Morgan fingerprint density at radius 2 is 1.20 bits per heavy atom. The molecule has 10 heterocycles. The predicted molar refractivity (Wildman–Crippen MR) is 258 cm³/mol. The fraction of sp³-hybridized carbons (Fsp3) is 0.538. The predicted octanol–water partition coefficient (Wildman–Crippen LogP) is -1.81. The largest absolute Gasteiger partial charge is 0.394 e. The van der Waals surface area contributed by atoms with E-state index in [0.29, 0.717) is 11.2 Å². The van der Waals surface area contributed by atoms with E-state index in [1.54, 1.807) is 4.57 Å². The number of fused-ring (bicyclic) bond motifs is 2. The van der Waals surface area contributed by atoms with Gasteiger partial charge in [-0.15, -0.1) is 0 Å². The van der Waals surface area contributed by atoms with Crippen LogP contribution in [0.1, 0.15) is 56.2 Å². The highest BCUT2D eigenvalue weighted by Gasteiger charge is 2.45. The van der Waals surface area contributed by atoms with Gasteiger partial charge in [-0.2, -0.15) is 9.97 Å². The molecule has 0 radical (unpaired) electrons. The van der Waals surface area contributed by atoms with Gasteiger partial charge in [0.25, 0.3) is 11.1 Å². The van der Waals surface area contributed by atoms with Crippen molar-refractivity contribution in [3.8, 4) is 0 Å². The molecule has 0 saturated carbocycles. The van der Waals surface area contributed by atoms with Crippen molar-refractivity contribution in [2.45, 2.75) is 106 Å². The maximum atomic E-state index is 12.6. The number of aromatic amines is 2. The lowest BCUT2D eigenvalue weighted by molar-refractivity contribution is -0.0551. The van der Waals surface area contributed by atoms with Gasteiger partial charge in [0.15, 0.2) is 22.6 Å². The number of aryl methyl sites for hydroxylation is 1. The van der Waals surface area contributed by atoms with Crippen LogP contribution in [-0.2, 0) is 46.1 Å². The highest BCUT2D eigenvalue weighted by Crippen LogP contribution is 2.48. The van der Waals surface area contributed by atoms with Crippen molar-refractivity contribution in [3.05, 3.63) is 84.7 Å². The number of nitrogen functional groups attached to an aromatic ring is 3. The molecule has 3 unspecified atom stereocenters. The monoisotopic (exact) mass is 1130 g/mol. The Kier molecular flexibility index (Phi) is 16.2. The normalized spacial score (nSPS) is 29.0. The fourth-order valence-electron chi connectivity index (χ4n) is 8.98. The van der Waals surface area contributed by atoms with Gasteiger partial charge in [-0.1, -0.05) is 0 Å². The zero-order valence-electron chi connectivity index (χ0n) is 39.5. The number of hydrogen-bond donors (Lipinski definition) is 10. The number of aromatic nitrogens is 12. The average molecular weight is 1130 g/mol. The topological polar surface area (TPSA) is 468 Å². The molecule has 4 fully saturated rings. The van der Waals surface area contributed by atoms with Crippen molar-refractivity contribution in [3.63, 3.8) is 0 Å². The van der Waals surface area contributed by atoms with Crippen molar-refractivity contribution in [2.24, 2.45) is 0 Å². The molecule has 4 aliphatic rings. The average Bonchev–Trinajstić information content (AvgIpc) is 4.28. The van der Waals surface area contributed by atoms with Gasteiger partial charge in [0.05, 0.1) is 63.5 Å². The molecule has 13 N–H and O–H groups in total. The summed E-state index contributed by atoms with van der Waals surface area (Å²) in [5.41, 5.74) is 15.8. The summed E-state index contributed by atoms with van der Waals surface area (Å²) in [6.07, 6.45) is -5.19. The molecule has 76 heavy (non-hydrogen) atoms. The molecule has 410 valence electrons. The van der Waals surface area contributed by atoms with E-state index < -0.39 is 135 Å². The lowest BCUT2D eigenvalue weighted by Crippen LogP contribution is -2.33. The number of H-pyrrole nitrogens is 2. The number of aliphatic hydroxyl groups is 2. The van der Waals surface area contributed by atoms with Crippen LogP contribution in [0.15, 0.2) is 56.6 Å². The molecule has 10 rings (SSSR count). The number of nitrogens with two attached hydrogens (primary N) is 3. The quantitative estimate of drug-likeness (QED) is 0.0377. The third-order valence-corrected chi connectivity index (χ3v) is 15.2. The van der Waals surface area contributed by atoms with Gasteiger partial charge < -0.3 is 88.2 Å². The van der Waals surface area contributed by atoms with Crippen LogP contribution in [0.2, 0.25) is 0 Å². The van der Waals surface area contributed by atoms with Crippen LogP contribution in [0.25, 0.3) is 22.3 Å². The molecule has 0 bridgehead atoms. The second-order valence-electron chi connectivity index (χ2n) is 17.6. The third-order valence-electron chi connectivity index (χ3n) is 12.7. The molecule has 4 saturated heterocycles. The zero-order valence-corrected chi connectivity index (χ0v) is 42.2. The van der Waals surface area contributed by atoms with Gasteiger partial charge in [0.1, 0.15) is 67.0 Å². The van der Waals surface area contributed by atoms with Crippen LogP contribution in [0.5, 0.6) is 0 Å². The van der Waals surface area contributed by atoms with Crippen molar-refractivity contribution in [1.29, 1.82) is 0 Å². The summed E-state index contributed by atoms with van der Waals surface area (Å²) in [6, 6.07) is 1.40. The van der Waals surface area contributed by atoms with Gasteiger partial charge in [-0.05, 0) is 13.0 Å². The number of rotatable bonds is 20. The molecule has 0 spiro atoms. The lowest BCUT2D eigenvalue weighted by Gasteiger charge is -2.24. The molecular weight excluding hydrogens is 1080 g/mol. The summed E-state index contributed by atoms with van der Waals surface area (Å²) in [7, 11) is -8.23. The summed E-state index contributed by atoms with van der Waals surface area (Å²) in [6.45, 7) is -0.209. The SMILES string of the molecule is Cc1cn([C@H]2C[C@H](O)[C@@H](COP(O)O[C@H]3C[C@H](n4cnc5c(=O)[nH]c(N)nc54)O[C@@H]3COP(O)O[C@H]3C[C@H](n4cnc5c(N)ncnc54)O[C@@H]3COP(O)O[C@H]3C[C@H](n4ccc(N)nc4=O)O[C@@H]3CO)O2)c(=O)[nH]c1=O. The van der Waals surface area contributed by atoms with E-state index >= 15 is 0 Å². The van der Waals surface area contributed by atoms with E-state index in [2.05, 4.69) is 39.9 Å². The minimum absolute atomic E-state index is 0.00690. The minimum atomic E-state index is -2.80. The summed E-state index contributed by atoms with van der Waals surface area (Å²) >= 11 is 0. The van der Waals surface area contributed by atoms with Gasteiger partial charge in [-0.3, -0.25) is 37.8 Å². The van der Waals surface area contributed by atoms with Crippen molar-refractivity contribution in [2.75, 3.05) is 43.6 Å². The lowest BCUT2D eigenvalue weighted by atomic mass is 10.2. The Morgan fingerprint density at radius 1 is 0.658 bits per heavy atom. The maximum Gasteiger partial charge on any atom is 0.351 e. The Bertz CT molecular complexity index is 3280. The zero-order chi connectivity index (χ0) is 53.5. The van der Waals surface area contributed by atoms with E-state index in [0.717, 1.165) is 4.57 Å². The van der Waals surface area contributed by atoms with E-state index in [1.807, 2.05) is 0 Å². The molecule has 15 atom stereocenters. The number of imidazole rings is 2. The van der Waals surface area contributed by atoms with E-state index in [4.69, 9.17) is 63.3 Å². The van der Waals surface area contributed by atoms with Crippen LogP contribution in [0, 0.1) is 6.92 Å². The highest BCUT2D eigenvalue weighted by molar-refractivity contribution is 7.41. The van der Waals surface area contributed by atoms with Crippen molar-refractivity contribution < 1.29 is 71.0 Å². The number of nitrogens with zero attached hydrogens (tertiary/aromatic N) is 10. The van der Waals surface area contributed by atoms with E-state index in [9.17, 15) is 44.1 Å². The van der Waals surface area contributed by atoms with E-state index in [1.165, 1.54) is 53.5 Å². The number of aliphatic hydroxyl groups excluding tert-OH is 2. The number of anilines is 3. The number of hydrogen-bond acceptors (Lipinski definition) is 28. The Hall–Kier alpha value is -5.45. The first kappa shape index (κ1) is 53.9. The standard InChI is InChI=1S/C39H50N15O19P3/c1-16-8-52(39(60)50-35(16)57)26-4-17(56)22(68-26)10-64-74(61)72-20-7-29(54-15-46-31-34(54)48-37(42)49-36(31)58)70-24(20)12-66-76(63)73-19-6-28(53-14-45-30-32(41)43-13-44-33(30)53)69-23(19)11-65-75(62)71-18-5-27(67-21(18)9-55)51-3-2-25(40)47-38(51)59/h2-3,8,13-15,17-24,26-29,55-56,61-63H,4-7,9-12H2,1H3,(H2,40,47,59)(H2,41,43,44)(H,50,57,60)(H3,42,48,49,58)/t17-,18-,19-,20-,21+,22+,23+,24+,26+,27+,28+,29+,74?,75?,76?/m0/s1. The van der Waals surface area contributed by atoms with Gasteiger partial charge in [0, 0.05) is 43.6 Å². The summed E-state index contributed by atoms with van der Waals surface area (Å²) in [4.78, 5) is 112. The first-order chi connectivity index (χ1) is 36.5. The highest BCUT2D eigenvalue weighted by atomic mass is 31.2. The first-order valence-corrected chi connectivity index (χ1v) is 26.5. The molecule has 0 aromatic carbocycles.